The number of ether oxygens (including phenoxy) is 1. The lowest BCUT2D eigenvalue weighted by Gasteiger charge is -2.51. The van der Waals surface area contributed by atoms with Gasteiger partial charge in [0.1, 0.15) is 24.9 Å². The molecule has 0 amide bonds. The summed E-state index contributed by atoms with van der Waals surface area (Å²) in [5, 5.41) is 0. The molecule has 9 heteroatoms. The number of Topliss-reactive ketones (excluding diaryl/α,β-unsaturated/α-hetero) is 1. The predicted molar refractivity (Wildman–Crippen MR) is 139 cm³/mol. The van der Waals surface area contributed by atoms with Gasteiger partial charge in [-0.3, -0.25) is 4.79 Å². The molecule has 0 radical (unpaired) electrons. The van der Waals surface area contributed by atoms with Gasteiger partial charge < -0.3 is 9.22 Å². The Morgan fingerprint density at radius 2 is 1.53 bits per heavy atom. The number of hydrogen-bond acceptors (Lipinski definition) is 5. The minimum atomic E-state index is -4.07. The van der Waals surface area contributed by atoms with Crippen LogP contribution in [0, 0.1) is 11.7 Å². The van der Waals surface area contributed by atoms with E-state index < -0.39 is 34.0 Å². The zero-order valence-electron chi connectivity index (χ0n) is 20.8. The highest BCUT2D eigenvalue weighted by molar-refractivity contribution is 7.89. The quantitative estimate of drug-likeness (QED) is 0.254. The van der Waals surface area contributed by atoms with E-state index in [1.54, 1.807) is 30.3 Å². The number of fused-ring (bicyclic) bond motifs is 3. The van der Waals surface area contributed by atoms with Crippen molar-refractivity contribution >= 4 is 21.8 Å². The second-order valence-electron chi connectivity index (χ2n) is 10.2. The van der Waals surface area contributed by atoms with Crippen LogP contribution in [0.3, 0.4) is 0 Å². The number of esters is 1. The van der Waals surface area contributed by atoms with Crippen molar-refractivity contribution in [2.45, 2.75) is 29.9 Å². The Morgan fingerprint density at radius 3 is 2.16 bits per heavy atom. The molecule has 0 spiro atoms. The number of sulfonamides is 1. The molecule has 0 aromatic heterocycles. The van der Waals surface area contributed by atoms with Crippen molar-refractivity contribution in [1.82, 2.24) is 4.72 Å². The molecule has 1 N–H and O–H groups in total. The van der Waals surface area contributed by atoms with Crippen LogP contribution in [0.25, 0.3) is 0 Å². The number of carbonyl (C=O) groups is 2. The first-order chi connectivity index (χ1) is 18.2. The molecule has 3 aliphatic rings. The summed E-state index contributed by atoms with van der Waals surface area (Å²) in [7, 11) is -4.07. The van der Waals surface area contributed by atoms with Gasteiger partial charge in [0.2, 0.25) is 15.8 Å². The highest BCUT2D eigenvalue weighted by atomic mass is 32.2. The minimum absolute atomic E-state index is 0.00618. The number of quaternary nitrogens is 1. The number of benzene rings is 3. The lowest BCUT2D eigenvalue weighted by molar-refractivity contribution is -0.938. The van der Waals surface area contributed by atoms with Crippen molar-refractivity contribution in [1.29, 1.82) is 0 Å². The van der Waals surface area contributed by atoms with Crippen LogP contribution in [-0.4, -0.2) is 56.9 Å². The van der Waals surface area contributed by atoms with Gasteiger partial charge in [0.25, 0.3) is 0 Å². The molecular weight excluding hydrogens is 507 g/mol. The van der Waals surface area contributed by atoms with Crippen LogP contribution in [-0.2, 0) is 19.6 Å². The smallest absolute Gasteiger partial charge is 0.329 e. The Kier molecular flexibility index (Phi) is 7.43. The number of hydrogen-bond donors (Lipinski definition) is 1. The maximum atomic E-state index is 13.6. The molecule has 3 aromatic carbocycles. The summed E-state index contributed by atoms with van der Waals surface area (Å²) >= 11 is 0. The molecule has 2 bridgehead atoms. The van der Waals surface area contributed by atoms with E-state index in [1.165, 1.54) is 36.4 Å². The van der Waals surface area contributed by atoms with Gasteiger partial charge in [-0.1, -0.05) is 60.7 Å². The van der Waals surface area contributed by atoms with Gasteiger partial charge in [-0.05, 0) is 29.8 Å². The summed E-state index contributed by atoms with van der Waals surface area (Å²) in [5.74, 6) is -1.05. The van der Waals surface area contributed by atoms with E-state index in [1.807, 2.05) is 18.2 Å². The Morgan fingerprint density at radius 1 is 0.921 bits per heavy atom. The molecule has 38 heavy (non-hydrogen) atoms. The standard InChI is InChI=1S/C29H30FN2O5S/c30-24-13-11-23(12-14-24)28(31-38(35,36)25-9-5-2-6-10-25)29(34)37-27-20-32(17-15-22(27)16-18-32)19-26(33)21-7-3-1-4-8-21/h1-14,22,27-28,31H,15-20H2/q+1/t22?,27-,28?,32?/m0/s1. The van der Waals surface area contributed by atoms with Gasteiger partial charge in [0.05, 0.1) is 18.0 Å². The molecule has 0 aliphatic carbocycles. The summed E-state index contributed by atoms with van der Waals surface area (Å²) in [6, 6.07) is 20.6. The minimum Gasteiger partial charge on any atom is -0.455 e. The number of piperidine rings is 3. The van der Waals surface area contributed by atoms with Crippen molar-refractivity contribution in [2.75, 3.05) is 26.2 Å². The van der Waals surface area contributed by atoms with Crippen molar-refractivity contribution in [3.05, 3.63) is 102 Å². The molecule has 3 saturated heterocycles. The third-order valence-corrected chi connectivity index (χ3v) is 9.09. The number of carbonyl (C=O) groups excluding carboxylic acids is 2. The van der Waals surface area contributed by atoms with Gasteiger partial charge >= 0.3 is 5.97 Å². The lowest BCUT2D eigenvalue weighted by Crippen LogP contribution is -2.66. The van der Waals surface area contributed by atoms with E-state index in [9.17, 15) is 22.4 Å². The molecule has 3 fully saturated rings. The van der Waals surface area contributed by atoms with Crippen molar-refractivity contribution in [3.8, 4) is 0 Å². The Bertz CT molecular complexity index is 1390. The second-order valence-corrected chi connectivity index (χ2v) is 11.9. The Balaban J connectivity index is 1.35. The lowest BCUT2D eigenvalue weighted by atomic mass is 9.82. The van der Waals surface area contributed by atoms with E-state index in [2.05, 4.69) is 4.72 Å². The number of ketones is 1. The van der Waals surface area contributed by atoms with Crippen molar-refractivity contribution < 1.29 is 31.6 Å². The molecule has 7 nitrogen and oxygen atoms in total. The zero-order chi connectivity index (χ0) is 26.8. The maximum Gasteiger partial charge on any atom is 0.329 e. The van der Waals surface area contributed by atoms with Crippen LogP contribution in [0.2, 0.25) is 0 Å². The molecule has 198 valence electrons. The largest absolute Gasteiger partial charge is 0.455 e. The fourth-order valence-corrected chi connectivity index (χ4v) is 6.74. The SMILES string of the molecule is O=C(C[N+]12CCC(CC1)[C@@H](OC(=O)C(NS(=O)(=O)c1ccccc1)c1ccc(F)cc1)C2)c1ccccc1. The van der Waals surface area contributed by atoms with E-state index in [-0.39, 0.29) is 22.2 Å². The van der Waals surface area contributed by atoms with E-state index in [4.69, 9.17) is 4.74 Å². The number of nitrogens with zero attached hydrogens (tertiary/aromatic N) is 1. The van der Waals surface area contributed by atoms with Gasteiger partial charge in [0, 0.05) is 24.3 Å². The van der Waals surface area contributed by atoms with E-state index in [0.717, 1.165) is 25.9 Å². The number of halogens is 1. The fourth-order valence-electron chi connectivity index (χ4n) is 5.54. The monoisotopic (exact) mass is 537 g/mol. The number of rotatable bonds is 9. The van der Waals surface area contributed by atoms with Gasteiger partial charge in [-0.15, -0.1) is 0 Å². The summed E-state index contributed by atoms with van der Waals surface area (Å²) in [6.45, 7) is 2.49. The first kappa shape index (κ1) is 26.2. The molecule has 0 saturated carbocycles. The van der Waals surface area contributed by atoms with Crippen LogP contribution in [0.4, 0.5) is 4.39 Å². The average Bonchev–Trinajstić information content (AvgIpc) is 2.93. The second kappa shape index (κ2) is 10.8. The molecule has 3 aliphatic heterocycles. The summed E-state index contributed by atoms with van der Waals surface area (Å²) < 4.78 is 48.8. The maximum absolute atomic E-state index is 13.6. The normalized spacial score (nSPS) is 23.5. The van der Waals surface area contributed by atoms with Crippen LogP contribution >= 0.6 is 0 Å². The molecule has 2 atom stereocenters. The summed E-state index contributed by atoms with van der Waals surface area (Å²) in [4.78, 5) is 26.5. The topological polar surface area (TPSA) is 89.5 Å². The average molecular weight is 538 g/mol. The van der Waals surface area contributed by atoms with E-state index >= 15 is 0 Å². The van der Waals surface area contributed by atoms with Gasteiger partial charge in [-0.25, -0.2) is 17.6 Å². The predicted octanol–water partition coefficient (Wildman–Crippen LogP) is 3.88. The van der Waals surface area contributed by atoms with Crippen molar-refractivity contribution in [3.63, 3.8) is 0 Å². The van der Waals surface area contributed by atoms with Crippen LogP contribution < -0.4 is 4.72 Å². The Labute approximate surface area is 221 Å². The third kappa shape index (κ3) is 5.70. The van der Waals surface area contributed by atoms with Crippen LogP contribution in [0.1, 0.15) is 34.8 Å². The summed E-state index contributed by atoms with van der Waals surface area (Å²) in [6.07, 6.45) is 1.19. The first-order valence-corrected chi connectivity index (χ1v) is 14.2. The van der Waals surface area contributed by atoms with Gasteiger partial charge in [-0.2, -0.15) is 4.72 Å². The zero-order valence-corrected chi connectivity index (χ0v) is 21.6. The molecule has 1 unspecified atom stereocenters. The molecule has 3 heterocycles. The van der Waals surface area contributed by atoms with Crippen LogP contribution in [0.5, 0.6) is 0 Å². The highest BCUT2D eigenvalue weighted by Gasteiger charge is 2.49. The highest BCUT2D eigenvalue weighted by Crippen LogP contribution is 2.36. The molecule has 3 aromatic rings. The van der Waals surface area contributed by atoms with Crippen molar-refractivity contribution in [2.24, 2.45) is 5.92 Å². The van der Waals surface area contributed by atoms with E-state index in [0.29, 0.717) is 23.1 Å². The van der Waals surface area contributed by atoms with Crippen LogP contribution in [0.15, 0.2) is 89.8 Å². The third-order valence-electron chi connectivity index (χ3n) is 7.65. The first-order valence-electron chi connectivity index (χ1n) is 12.7. The summed E-state index contributed by atoms with van der Waals surface area (Å²) in [5.41, 5.74) is 0.938. The Hall–Kier alpha value is -3.40. The molecule has 6 rings (SSSR count). The number of nitrogens with one attached hydrogen (secondary N) is 1. The van der Waals surface area contributed by atoms with Gasteiger partial charge in [0.15, 0.2) is 6.10 Å². The molecular formula is C29H30FN2O5S+. The fraction of sp³-hybridized carbons (Fsp3) is 0.310.